The van der Waals surface area contributed by atoms with Crippen molar-refractivity contribution >= 4 is 23.1 Å². The van der Waals surface area contributed by atoms with Crippen LogP contribution in [0.25, 0.3) is 0 Å². The van der Waals surface area contributed by atoms with E-state index in [0.717, 1.165) is 19.3 Å². The fourth-order valence-electron chi connectivity index (χ4n) is 2.82. The van der Waals surface area contributed by atoms with Crippen LogP contribution < -0.4 is 11.1 Å². The highest BCUT2D eigenvalue weighted by molar-refractivity contribution is 7.80. The SMILES string of the molecule is CC(C)C(C(=O)NC1CC2CCC1O2)C(N)=S. The standard InChI is InChI=1S/C12H20N2O2S/c1-6(2)10(11(13)17)12(15)14-8-5-7-3-4-9(8)16-7/h6-10H,3-5H2,1-2H3,(H2,13,17)(H,14,15). The highest BCUT2D eigenvalue weighted by Gasteiger charge is 2.42. The van der Waals surface area contributed by atoms with Crippen LogP contribution in [0.4, 0.5) is 0 Å². The maximum absolute atomic E-state index is 12.1. The van der Waals surface area contributed by atoms with Gasteiger partial charge in [-0.2, -0.15) is 0 Å². The van der Waals surface area contributed by atoms with Crippen LogP contribution in [0.2, 0.25) is 0 Å². The fourth-order valence-corrected chi connectivity index (χ4v) is 3.20. The van der Waals surface area contributed by atoms with E-state index in [9.17, 15) is 4.79 Å². The van der Waals surface area contributed by atoms with E-state index in [0.29, 0.717) is 6.10 Å². The molecular formula is C12H20N2O2S. The van der Waals surface area contributed by atoms with Gasteiger partial charge in [0.1, 0.15) is 0 Å². The molecule has 4 unspecified atom stereocenters. The number of hydrogen-bond donors (Lipinski definition) is 2. The number of thiocarbonyl (C=S) groups is 1. The molecule has 0 spiro atoms. The Morgan fingerprint density at radius 2 is 2.18 bits per heavy atom. The Morgan fingerprint density at radius 3 is 2.59 bits per heavy atom. The Labute approximate surface area is 107 Å². The zero-order valence-electron chi connectivity index (χ0n) is 10.3. The summed E-state index contributed by atoms with van der Waals surface area (Å²) >= 11 is 4.96. The minimum absolute atomic E-state index is 0.0475. The molecule has 2 rings (SSSR count). The Bertz CT molecular complexity index is 332. The Morgan fingerprint density at radius 1 is 1.47 bits per heavy atom. The average Bonchev–Trinajstić information content (AvgIpc) is 2.77. The molecule has 3 N–H and O–H groups in total. The molecule has 0 aromatic carbocycles. The number of rotatable bonds is 4. The number of carbonyl (C=O) groups excluding carboxylic acids is 1. The molecule has 0 saturated carbocycles. The second-order valence-electron chi connectivity index (χ2n) is 5.35. The van der Waals surface area contributed by atoms with Gasteiger partial charge >= 0.3 is 0 Å². The van der Waals surface area contributed by atoms with Crippen LogP contribution in [0.3, 0.4) is 0 Å². The van der Waals surface area contributed by atoms with Crippen LogP contribution in [0.15, 0.2) is 0 Å². The quantitative estimate of drug-likeness (QED) is 0.736. The van der Waals surface area contributed by atoms with Crippen LogP contribution in [0.5, 0.6) is 0 Å². The largest absolute Gasteiger partial charge is 0.393 e. The molecule has 1 amide bonds. The maximum atomic E-state index is 12.1. The first-order chi connectivity index (χ1) is 7.99. The van der Waals surface area contributed by atoms with E-state index in [4.69, 9.17) is 22.7 Å². The lowest BCUT2D eigenvalue weighted by Crippen LogP contribution is -2.48. The van der Waals surface area contributed by atoms with E-state index >= 15 is 0 Å². The summed E-state index contributed by atoms with van der Waals surface area (Å²) in [5.41, 5.74) is 5.63. The molecule has 5 heteroatoms. The van der Waals surface area contributed by atoms with E-state index in [-0.39, 0.29) is 34.9 Å². The van der Waals surface area contributed by atoms with Gasteiger partial charge in [0.05, 0.1) is 29.2 Å². The molecule has 0 aromatic heterocycles. The molecule has 0 aliphatic carbocycles. The molecule has 0 radical (unpaired) electrons. The fraction of sp³-hybridized carbons (Fsp3) is 0.833. The highest BCUT2D eigenvalue weighted by atomic mass is 32.1. The van der Waals surface area contributed by atoms with Gasteiger partial charge in [-0.1, -0.05) is 26.1 Å². The van der Waals surface area contributed by atoms with E-state index < -0.39 is 0 Å². The number of amides is 1. The third kappa shape index (κ3) is 2.60. The van der Waals surface area contributed by atoms with E-state index in [2.05, 4.69) is 5.32 Å². The Kier molecular flexibility index (Phi) is 3.68. The first kappa shape index (κ1) is 12.8. The lowest BCUT2D eigenvalue weighted by atomic mass is 9.92. The van der Waals surface area contributed by atoms with Crippen molar-refractivity contribution in [3.63, 3.8) is 0 Å². The predicted octanol–water partition coefficient (Wildman–Crippen LogP) is 0.981. The monoisotopic (exact) mass is 256 g/mol. The molecule has 2 aliphatic rings. The van der Waals surface area contributed by atoms with Crippen LogP contribution >= 0.6 is 12.2 Å². The molecule has 2 bridgehead atoms. The van der Waals surface area contributed by atoms with Crippen molar-refractivity contribution in [1.29, 1.82) is 0 Å². The number of ether oxygens (including phenoxy) is 1. The van der Waals surface area contributed by atoms with Gasteiger partial charge < -0.3 is 15.8 Å². The molecule has 4 atom stereocenters. The summed E-state index contributed by atoms with van der Waals surface area (Å²) in [6.45, 7) is 3.92. The topological polar surface area (TPSA) is 64.3 Å². The lowest BCUT2D eigenvalue weighted by Gasteiger charge is -2.25. The summed E-state index contributed by atoms with van der Waals surface area (Å²) in [6.07, 6.45) is 3.64. The number of nitrogens with one attached hydrogen (secondary N) is 1. The third-order valence-corrected chi connectivity index (χ3v) is 3.94. The smallest absolute Gasteiger partial charge is 0.230 e. The average molecular weight is 256 g/mol. The minimum atomic E-state index is -0.371. The van der Waals surface area contributed by atoms with Crippen LogP contribution in [0.1, 0.15) is 33.1 Å². The normalized spacial score (nSPS) is 32.8. The van der Waals surface area contributed by atoms with Crippen molar-refractivity contribution in [2.45, 2.75) is 51.4 Å². The zero-order valence-corrected chi connectivity index (χ0v) is 11.1. The summed E-state index contributed by atoms with van der Waals surface area (Å²) in [4.78, 5) is 12.4. The number of carbonyl (C=O) groups is 1. The lowest BCUT2D eigenvalue weighted by molar-refractivity contribution is -0.125. The molecule has 2 fully saturated rings. The molecular weight excluding hydrogens is 236 g/mol. The van der Waals surface area contributed by atoms with Crippen LogP contribution in [0, 0.1) is 11.8 Å². The van der Waals surface area contributed by atoms with Gasteiger partial charge in [0.25, 0.3) is 0 Å². The molecule has 2 saturated heterocycles. The Balaban J connectivity index is 1.94. The number of nitrogens with two attached hydrogens (primary N) is 1. The number of fused-ring (bicyclic) bond motifs is 2. The van der Waals surface area contributed by atoms with Crippen molar-refractivity contribution in [3.8, 4) is 0 Å². The molecule has 4 nitrogen and oxygen atoms in total. The van der Waals surface area contributed by atoms with E-state index in [1.54, 1.807) is 0 Å². The van der Waals surface area contributed by atoms with Gasteiger partial charge in [0, 0.05) is 0 Å². The van der Waals surface area contributed by atoms with Gasteiger partial charge in [0.15, 0.2) is 0 Å². The van der Waals surface area contributed by atoms with Gasteiger partial charge in [0.2, 0.25) is 5.91 Å². The molecule has 2 heterocycles. The van der Waals surface area contributed by atoms with Gasteiger partial charge in [-0.15, -0.1) is 0 Å². The summed E-state index contributed by atoms with van der Waals surface area (Å²) in [5, 5.41) is 3.04. The first-order valence-corrected chi connectivity index (χ1v) is 6.65. The van der Waals surface area contributed by atoms with Crippen molar-refractivity contribution in [2.75, 3.05) is 0 Å². The molecule has 0 aromatic rings. The van der Waals surface area contributed by atoms with E-state index in [1.807, 2.05) is 13.8 Å². The van der Waals surface area contributed by atoms with Crippen molar-refractivity contribution in [2.24, 2.45) is 17.6 Å². The zero-order chi connectivity index (χ0) is 12.6. The van der Waals surface area contributed by atoms with E-state index in [1.165, 1.54) is 0 Å². The molecule has 96 valence electrons. The third-order valence-electron chi connectivity index (χ3n) is 3.69. The second-order valence-corrected chi connectivity index (χ2v) is 5.82. The minimum Gasteiger partial charge on any atom is -0.393 e. The van der Waals surface area contributed by atoms with Gasteiger partial charge in [-0.3, -0.25) is 4.79 Å². The van der Waals surface area contributed by atoms with Gasteiger partial charge in [-0.25, -0.2) is 0 Å². The summed E-state index contributed by atoms with van der Waals surface area (Å²) in [6, 6.07) is 0.150. The van der Waals surface area contributed by atoms with Gasteiger partial charge in [-0.05, 0) is 25.2 Å². The van der Waals surface area contributed by atoms with Crippen molar-refractivity contribution in [3.05, 3.63) is 0 Å². The van der Waals surface area contributed by atoms with Crippen LogP contribution in [-0.2, 0) is 9.53 Å². The summed E-state index contributed by atoms with van der Waals surface area (Å²) in [5.74, 6) is -0.287. The predicted molar refractivity (Wildman–Crippen MR) is 69.6 cm³/mol. The molecule has 17 heavy (non-hydrogen) atoms. The highest BCUT2D eigenvalue weighted by Crippen LogP contribution is 2.34. The van der Waals surface area contributed by atoms with Crippen LogP contribution in [-0.4, -0.2) is 29.1 Å². The first-order valence-electron chi connectivity index (χ1n) is 6.24. The Hall–Kier alpha value is -0.680. The molecule has 2 aliphatic heterocycles. The van der Waals surface area contributed by atoms with Crippen molar-refractivity contribution < 1.29 is 9.53 Å². The van der Waals surface area contributed by atoms with Crippen molar-refractivity contribution in [1.82, 2.24) is 5.32 Å². The summed E-state index contributed by atoms with van der Waals surface area (Å²) < 4.78 is 5.71. The second kappa shape index (κ2) is 4.90. The number of hydrogen-bond acceptors (Lipinski definition) is 3. The summed E-state index contributed by atoms with van der Waals surface area (Å²) in [7, 11) is 0. The maximum Gasteiger partial charge on any atom is 0.230 e.